The van der Waals surface area contributed by atoms with Crippen molar-refractivity contribution in [3.63, 3.8) is 0 Å². The van der Waals surface area contributed by atoms with Crippen LogP contribution in [-0.4, -0.2) is 137 Å². The molecule has 3 saturated heterocycles. The van der Waals surface area contributed by atoms with Gasteiger partial charge in [0.1, 0.15) is 35.5 Å². The minimum atomic E-state index is -0.528. The monoisotopic (exact) mass is 894 g/mol. The number of ether oxygens (including phenoxy) is 1. The molecule has 5 N–H and O–H groups in total. The molecule has 15 nitrogen and oxygen atoms in total. The number of nitrogens with one attached hydrogen (secondary N) is 3. The third kappa shape index (κ3) is 11.3. The standard InChI is InChI=1S/C51H63N11O4/c1-3-4-10-45(50(64)54-2)62-33-38-31-40(13-16-44(38)51(62)65)61-29-27-60(28-30-61)34-41(63)21-26-58-22-17-36(18-23-58)32-59-24-19-39(20-25-59)57-49-46(48(53)55-35-56-49)47(52)37-11-14-43(15-12-37)66-42-8-6-5-7-9-42/h3,5-9,11-16,21,26,31,35-36,39,45,52H,1,4,10,17-20,22-25,27-30,32-34H2,2H3,(H,54,64)(H3,53,55,56,57)/b26-21-,52-47?. The molecular weight excluding hydrogens is 831 g/mol. The van der Waals surface area contributed by atoms with E-state index in [0.717, 1.165) is 102 Å². The van der Waals surface area contributed by atoms with Gasteiger partial charge in [0.15, 0.2) is 5.78 Å². The van der Waals surface area contributed by atoms with Gasteiger partial charge in [0.25, 0.3) is 5.91 Å². The average molecular weight is 894 g/mol. The summed E-state index contributed by atoms with van der Waals surface area (Å²) in [6.07, 6.45) is 12.3. The molecule has 3 aromatic carbocycles. The van der Waals surface area contributed by atoms with Crippen LogP contribution in [0.25, 0.3) is 0 Å². The summed E-state index contributed by atoms with van der Waals surface area (Å²) in [5.41, 5.74) is 10.5. The van der Waals surface area contributed by atoms with Crippen molar-refractivity contribution < 1.29 is 19.1 Å². The van der Waals surface area contributed by atoms with Crippen LogP contribution in [0.1, 0.15) is 65.6 Å². The summed E-state index contributed by atoms with van der Waals surface area (Å²) in [4.78, 5) is 58.8. The van der Waals surface area contributed by atoms with E-state index < -0.39 is 6.04 Å². The summed E-state index contributed by atoms with van der Waals surface area (Å²) in [6.45, 7) is 12.7. The van der Waals surface area contributed by atoms with Crippen molar-refractivity contribution in [2.75, 3.05) is 88.4 Å². The van der Waals surface area contributed by atoms with Crippen LogP contribution in [0, 0.1) is 11.3 Å². The Bertz CT molecular complexity index is 2370. The number of anilines is 3. The number of carbonyl (C=O) groups is 3. The second kappa shape index (κ2) is 21.6. The lowest BCUT2D eigenvalue weighted by atomic mass is 9.94. The van der Waals surface area contributed by atoms with E-state index in [1.165, 1.54) is 6.33 Å². The van der Waals surface area contributed by atoms with E-state index in [1.807, 2.05) is 72.9 Å². The number of carbonyl (C=O) groups excluding carboxylic acids is 3. The minimum Gasteiger partial charge on any atom is -0.457 e. The topological polar surface area (TPSA) is 176 Å². The fourth-order valence-corrected chi connectivity index (χ4v) is 9.59. The van der Waals surface area contributed by atoms with E-state index in [4.69, 9.17) is 15.9 Å². The van der Waals surface area contributed by atoms with E-state index >= 15 is 0 Å². The largest absolute Gasteiger partial charge is 0.457 e. The summed E-state index contributed by atoms with van der Waals surface area (Å²) >= 11 is 0. The number of allylic oxidation sites excluding steroid dienone is 1. The summed E-state index contributed by atoms with van der Waals surface area (Å²) in [7, 11) is 1.60. The van der Waals surface area contributed by atoms with Crippen molar-refractivity contribution in [3.05, 3.63) is 126 Å². The molecule has 2 amide bonds. The van der Waals surface area contributed by atoms with Crippen molar-refractivity contribution in [2.24, 2.45) is 5.92 Å². The van der Waals surface area contributed by atoms with E-state index in [9.17, 15) is 14.4 Å². The molecule has 4 aliphatic heterocycles. The third-order valence-corrected chi connectivity index (χ3v) is 13.4. The fraction of sp³-hybridized carbons (Fsp3) is 0.412. The molecule has 8 rings (SSSR count). The second-order valence-corrected chi connectivity index (χ2v) is 17.8. The Morgan fingerprint density at radius 3 is 2.35 bits per heavy atom. The highest BCUT2D eigenvalue weighted by molar-refractivity contribution is 6.16. The number of nitrogens with zero attached hydrogens (tertiary/aromatic N) is 7. The number of hydrogen-bond donors (Lipinski definition) is 4. The molecule has 3 fully saturated rings. The minimum absolute atomic E-state index is 0.104. The number of fused-ring (bicyclic) bond motifs is 1. The Labute approximate surface area is 388 Å². The normalized spacial score (nSPS) is 18.0. The van der Waals surface area contributed by atoms with Crippen LogP contribution in [0.2, 0.25) is 0 Å². The van der Waals surface area contributed by atoms with Gasteiger partial charge in [-0.15, -0.1) is 6.58 Å². The average Bonchev–Trinajstić information content (AvgIpc) is 3.67. The summed E-state index contributed by atoms with van der Waals surface area (Å²) < 4.78 is 5.94. The molecule has 0 bridgehead atoms. The molecule has 0 aliphatic carbocycles. The zero-order chi connectivity index (χ0) is 46.0. The molecule has 0 saturated carbocycles. The molecule has 0 spiro atoms. The Balaban J connectivity index is 0.732. The van der Waals surface area contributed by atoms with Crippen LogP contribution >= 0.6 is 0 Å². The molecule has 346 valence electrons. The van der Waals surface area contributed by atoms with E-state index in [1.54, 1.807) is 24.1 Å². The maximum absolute atomic E-state index is 13.3. The number of amides is 2. The highest BCUT2D eigenvalue weighted by Gasteiger charge is 2.36. The third-order valence-electron chi connectivity index (χ3n) is 13.4. The number of nitrogens with two attached hydrogens (primary N) is 1. The molecular formula is C51H63N11O4. The Morgan fingerprint density at radius 2 is 1.64 bits per heavy atom. The van der Waals surface area contributed by atoms with Gasteiger partial charge in [-0.05, 0) is 111 Å². The lowest BCUT2D eigenvalue weighted by molar-refractivity contribution is -0.125. The highest BCUT2D eigenvalue weighted by atomic mass is 16.5. The Morgan fingerprint density at radius 1 is 0.909 bits per heavy atom. The zero-order valence-corrected chi connectivity index (χ0v) is 38.0. The number of benzene rings is 3. The Hall–Kier alpha value is -6.58. The predicted molar refractivity (Wildman–Crippen MR) is 259 cm³/mol. The first-order valence-corrected chi connectivity index (χ1v) is 23.4. The number of rotatable bonds is 18. The van der Waals surface area contributed by atoms with Gasteiger partial charge < -0.3 is 40.7 Å². The maximum atomic E-state index is 13.3. The van der Waals surface area contributed by atoms with Gasteiger partial charge in [0.05, 0.1) is 17.8 Å². The predicted octanol–water partition coefficient (Wildman–Crippen LogP) is 5.80. The van der Waals surface area contributed by atoms with Crippen molar-refractivity contribution in [3.8, 4) is 11.5 Å². The van der Waals surface area contributed by atoms with Gasteiger partial charge in [-0.2, -0.15) is 0 Å². The van der Waals surface area contributed by atoms with Gasteiger partial charge in [-0.1, -0.05) is 24.3 Å². The molecule has 66 heavy (non-hydrogen) atoms. The summed E-state index contributed by atoms with van der Waals surface area (Å²) in [5.74, 6) is 2.78. The van der Waals surface area contributed by atoms with Gasteiger partial charge >= 0.3 is 0 Å². The fourth-order valence-electron chi connectivity index (χ4n) is 9.59. The van der Waals surface area contributed by atoms with E-state index in [0.29, 0.717) is 60.1 Å². The van der Waals surface area contributed by atoms with Gasteiger partial charge in [-0.25, -0.2) is 9.97 Å². The first-order valence-electron chi connectivity index (χ1n) is 23.4. The number of nitrogen functional groups attached to an aromatic ring is 1. The molecule has 4 aliphatic rings. The maximum Gasteiger partial charge on any atom is 0.255 e. The number of likely N-dealkylation sites (tertiary alicyclic amines) is 2. The van der Waals surface area contributed by atoms with Crippen molar-refractivity contribution in [1.82, 2.24) is 34.9 Å². The van der Waals surface area contributed by atoms with Crippen LogP contribution in [0.15, 0.2) is 104 Å². The number of piperidine rings is 2. The van der Waals surface area contributed by atoms with Crippen molar-refractivity contribution in [2.45, 2.75) is 57.2 Å². The highest BCUT2D eigenvalue weighted by Crippen LogP contribution is 2.31. The lowest BCUT2D eigenvalue weighted by Crippen LogP contribution is -2.47. The van der Waals surface area contributed by atoms with Crippen LogP contribution in [-0.2, 0) is 16.1 Å². The zero-order valence-electron chi connectivity index (χ0n) is 38.0. The van der Waals surface area contributed by atoms with E-state index in [2.05, 4.69) is 52.8 Å². The number of para-hydroxylation sites is 1. The summed E-state index contributed by atoms with van der Waals surface area (Å²) in [5, 5.41) is 15.4. The van der Waals surface area contributed by atoms with Gasteiger partial charge in [0.2, 0.25) is 5.91 Å². The van der Waals surface area contributed by atoms with Crippen LogP contribution in [0.5, 0.6) is 11.5 Å². The number of likely N-dealkylation sites (N-methyl/N-ethyl adjacent to an activating group) is 1. The number of aromatic nitrogens is 2. The Kier molecular flexibility index (Phi) is 15.0. The molecule has 5 heterocycles. The molecule has 0 radical (unpaired) electrons. The first-order chi connectivity index (χ1) is 32.1. The lowest BCUT2D eigenvalue weighted by Gasteiger charge is -2.38. The quantitative estimate of drug-likeness (QED) is 0.0538. The van der Waals surface area contributed by atoms with E-state index in [-0.39, 0.29) is 35.2 Å². The smallest absolute Gasteiger partial charge is 0.255 e. The van der Waals surface area contributed by atoms with Crippen LogP contribution in [0.4, 0.5) is 17.3 Å². The molecule has 15 heteroatoms. The van der Waals surface area contributed by atoms with Gasteiger partial charge in [0, 0.05) is 102 Å². The molecule has 1 aromatic heterocycles. The molecule has 1 unspecified atom stereocenters. The van der Waals surface area contributed by atoms with Crippen molar-refractivity contribution >= 4 is 40.6 Å². The number of hydrogen-bond acceptors (Lipinski definition) is 13. The van der Waals surface area contributed by atoms with Gasteiger partial charge in [-0.3, -0.25) is 24.7 Å². The number of ketones is 1. The molecule has 4 aromatic rings. The van der Waals surface area contributed by atoms with Crippen LogP contribution in [0.3, 0.4) is 0 Å². The summed E-state index contributed by atoms with van der Waals surface area (Å²) in [6, 6.07) is 22.7. The second-order valence-electron chi connectivity index (χ2n) is 17.8. The van der Waals surface area contributed by atoms with Crippen LogP contribution < -0.4 is 26.0 Å². The first kappa shape index (κ1) is 46.0. The number of piperazine rings is 1. The SMILES string of the molecule is C=CCCC(C(=O)NC)N1Cc2cc(N3CCN(CC(=O)/C=C\N4CCC(CN5CCC(Nc6ncnc(N)c6C(=N)c6ccc(Oc7ccccc7)cc6)CC5)CC4)CC3)ccc2C1=O. The van der Waals surface area contributed by atoms with Crippen molar-refractivity contribution in [1.29, 1.82) is 5.41 Å². The molecule has 1 atom stereocenters.